The molecule has 0 aromatic carbocycles. The molecule has 0 aromatic heterocycles. The summed E-state index contributed by atoms with van der Waals surface area (Å²) in [5.74, 6) is 0.809. The molecule has 1 aliphatic carbocycles. The van der Waals surface area contributed by atoms with Crippen LogP contribution in [0.4, 0.5) is 0 Å². The van der Waals surface area contributed by atoms with E-state index in [0.717, 1.165) is 12.8 Å². The summed E-state index contributed by atoms with van der Waals surface area (Å²) in [6, 6.07) is 0.527. The minimum absolute atomic E-state index is 0. The van der Waals surface area contributed by atoms with Crippen molar-refractivity contribution in [3.8, 4) is 0 Å². The lowest BCUT2D eigenvalue weighted by Crippen LogP contribution is -2.41. The predicted molar refractivity (Wildman–Crippen MR) is 69.7 cm³/mol. The number of halogens is 1. The van der Waals surface area contributed by atoms with Gasteiger partial charge in [-0.1, -0.05) is 19.8 Å². The van der Waals surface area contributed by atoms with Crippen LogP contribution in [-0.2, 0) is 4.79 Å². The van der Waals surface area contributed by atoms with Gasteiger partial charge in [-0.3, -0.25) is 4.79 Å². The molecule has 4 heteroatoms. The number of carbonyl (C=O) groups excluding carboxylic acids is 1. The Morgan fingerprint density at radius 2 is 2.06 bits per heavy atom. The van der Waals surface area contributed by atoms with Gasteiger partial charge in [0.25, 0.3) is 0 Å². The van der Waals surface area contributed by atoms with Crippen LogP contribution >= 0.6 is 12.4 Å². The standard InChI is InChI=1S/C12H24N2O.ClH/c1-9-5-3-4-6-11(9)14-12(15)8-7-10(2)13;/h9-11H,3-8,13H2,1-2H3,(H,14,15);1H. The molecule has 0 heterocycles. The maximum atomic E-state index is 11.6. The maximum absolute atomic E-state index is 11.6. The first-order valence-electron chi connectivity index (χ1n) is 6.14. The molecule has 1 fully saturated rings. The molecular formula is C12H25ClN2O. The Kier molecular flexibility index (Phi) is 7.77. The van der Waals surface area contributed by atoms with Gasteiger partial charge in [0, 0.05) is 18.5 Å². The topological polar surface area (TPSA) is 55.1 Å². The van der Waals surface area contributed by atoms with Crippen molar-refractivity contribution in [2.24, 2.45) is 11.7 Å². The number of nitrogens with two attached hydrogens (primary N) is 1. The minimum atomic E-state index is 0. The number of carbonyl (C=O) groups is 1. The molecule has 0 radical (unpaired) electrons. The molecule has 1 aliphatic rings. The Labute approximate surface area is 105 Å². The van der Waals surface area contributed by atoms with E-state index in [1.165, 1.54) is 19.3 Å². The highest BCUT2D eigenvalue weighted by atomic mass is 35.5. The fraction of sp³-hybridized carbons (Fsp3) is 0.917. The number of hydrogen-bond donors (Lipinski definition) is 2. The van der Waals surface area contributed by atoms with Crippen LogP contribution in [0.1, 0.15) is 52.4 Å². The zero-order chi connectivity index (χ0) is 11.3. The second kappa shape index (κ2) is 7.91. The van der Waals surface area contributed by atoms with E-state index < -0.39 is 0 Å². The van der Waals surface area contributed by atoms with E-state index in [1.54, 1.807) is 0 Å². The summed E-state index contributed by atoms with van der Waals surface area (Å²) < 4.78 is 0. The fourth-order valence-electron chi connectivity index (χ4n) is 2.17. The molecule has 96 valence electrons. The molecule has 1 rings (SSSR count). The first-order valence-corrected chi connectivity index (χ1v) is 6.14. The van der Waals surface area contributed by atoms with Gasteiger partial charge in [-0.2, -0.15) is 0 Å². The lowest BCUT2D eigenvalue weighted by Gasteiger charge is -2.29. The van der Waals surface area contributed by atoms with Crippen LogP contribution in [0.25, 0.3) is 0 Å². The number of rotatable bonds is 4. The monoisotopic (exact) mass is 248 g/mol. The highest BCUT2D eigenvalue weighted by Crippen LogP contribution is 2.23. The van der Waals surface area contributed by atoms with E-state index in [1.807, 2.05) is 6.92 Å². The number of hydrogen-bond acceptors (Lipinski definition) is 2. The Bertz CT molecular complexity index is 209. The summed E-state index contributed by atoms with van der Waals surface area (Å²) in [6.45, 7) is 4.17. The molecule has 3 atom stereocenters. The average Bonchev–Trinajstić information content (AvgIpc) is 2.18. The van der Waals surface area contributed by atoms with Gasteiger partial charge in [-0.15, -0.1) is 12.4 Å². The molecule has 1 amide bonds. The molecule has 1 saturated carbocycles. The second-order valence-corrected chi connectivity index (χ2v) is 4.95. The van der Waals surface area contributed by atoms with Crippen LogP contribution in [0.15, 0.2) is 0 Å². The van der Waals surface area contributed by atoms with Gasteiger partial charge in [0.15, 0.2) is 0 Å². The Hall–Kier alpha value is -0.280. The van der Waals surface area contributed by atoms with E-state index >= 15 is 0 Å². The molecule has 16 heavy (non-hydrogen) atoms. The summed E-state index contributed by atoms with van der Waals surface area (Å²) in [7, 11) is 0. The van der Waals surface area contributed by atoms with Crippen LogP contribution in [0, 0.1) is 5.92 Å². The van der Waals surface area contributed by atoms with Crippen LogP contribution in [-0.4, -0.2) is 18.0 Å². The van der Waals surface area contributed by atoms with Gasteiger partial charge in [0.1, 0.15) is 0 Å². The fourth-order valence-corrected chi connectivity index (χ4v) is 2.17. The van der Waals surface area contributed by atoms with Crippen molar-refractivity contribution in [1.82, 2.24) is 5.32 Å². The van der Waals surface area contributed by atoms with Crippen molar-refractivity contribution in [3.63, 3.8) is 0 Å². The first-order chi connectivity index (χ1) is 7.09. The average molecular weight is 249 g/mol. The molecule has 3 unspecified atom stereocenters. The van der Waals surface area contributed by atoms with Gasteiger partial charge in [-0.05, 0) is 32.1 Å². The summed E-state index contributed by atoms with van der Waals surface area (Å²) in [6.07, 6.45) is 6.31. The van der Waals surface area contributed by atoms with E-state index in [9.17, 15) is 4.79 Å². The van der Waals surface area contributed by atoms with Gasteiger partial charge in [0.2, 0.25) is 5.91 Å². The van der Waals surface area contributed by atoms with Crippen molar-refractivity contribution >= 4 is 18.3 Å². The third-order valence-electron chi connectivity index (χ3n) is 3.28. The van der Waals surface area contributed by atoms with E-state index in [0.29, 0.717) is 18.4 Å². The second-order valence-electron chi connectivity index (χ2n) is 4.95. The number of amides is 1. The van der Waals surface area contributed by atoms with Crippen LogP contribution in [0.3, 0.4) is 0 Å². The third kappa shape index (κ3) is 5.71. The highest BCUT2D eigenvalue weighted by molar-refractivity contribution is 5.85. The van der Waals surface area contributed by atoms with Crippen molar-refractivity contribution in [1.29, 1.82) is 0 Å². The van der Waals surface area contributed by atoms with Crippen LogP contribution in [0.2, 0.25) is 0 Å². The smallest absolute Gasteiger partial charge is 0.220 e. The van der Waals surface area contributed by atoms with Crippen molar-refractivity contribution < 1.29 is 4.79 Å². The quantitative estimate of drug-likeness (QED) is 0.802. The van der Waals surface area contributed by atoms with E-state index in [2.05, 4.69) is 12.2 Å². The molecule has 0 aromatic rings. The molecule has 0 spiro atoms. The highest BCUT2D eigenvalue weighted by Gasteiger charge is 2.22. The van der Waals surface area contributed by atoms with Gasteiger partial charge in [0.05, 0.1) is 0 Å². The molecule has 3 nitrogen and oxygen atoms in total. The summed E-state index contributed by atoms with van der Waals surface area (Å²) in [5.41, 5.74) is 5.62. The van der Waals surface area contributed by atoms with E-state index in [-0.39, 0.29) is 24.4 Å². The summed E-state index contributed by atoms with van der Waals surface area (Å²) in [4.78, 5) is 11.6. The maximum Gasteiger partial charge on any atom is 0.220 e. The van der Waals surface area contributed by atoms with Gasteiger partial charge in [-0.25, -0.2) is 0 Å². The molecular weight excluding hydrogens is 224 g/mol. The summed E-state index contributed by atoms with van der Waals surface area (Å²) >= 11 is 0. The lowest BCUT2D eigenvalue weighted by molar-refractivity contribution is -0.122. The van der Waals surface area contributed by atoms with Crippen LogP contribution in [0.5, 0.6) is 0 Å². The van der Waals surface area contributed by atoms with Gasteiger partial charge >= 0.3 is 0 Å². The van der Waals surface area contributed by atoms with Crippen LogP contribution < -0.4 is 11.1 Å². The Morgan fingerprint density at radius 3 is 2.62 bits per heavy atom. The van der Waals surface area contributed by atoms with Crippen molar-refractivity contribution in [2.45, 2.75) is 64.5 Å². The molecule has 3 N–H and O–H groups in total. The zero-order valence-corrected chi connectivity index (χ0v) is 11.2. The zero-order valence-electron chi connectivity index (χ0n) is 10.4. The predicted octanol–water partition coefficient (Wildman–Crippen LogP) is 2.23. The summed E-state index contributed by atoms with van der Waals surface area (Å²) in [5, 5.41) is 3.13. The van der Waals surface area contributed by atoms with Crippen molar-refractivity contribution in [3.05, 3.63) is 0 Å². The number of nitrogens with one attached hydrogen (secondary N) is 1. The SMILES string of the molecule is CC(N)CCC(=O)NC1CCCCC1C.Cl. The Balaban J connectivity index is 0.00000225. The Morgan fingerprint density at radius 1 is 1.44 bits per heavy atom. The normalized spacial score (nSPS) is 26.7. The minimum Gasteiger partial charge on any atom is -0.353 e. The molecule has 0 aliphatic heterocycles. The third-order valence-corrected chi connectivity index (χ3v) is 3.28. The van der Waals surface area contributed by atoms with Crippen molar-refractivity contribution in [2.75, 3.05) is 0 Å². The van der Waals surface area contributed by atoms with E-state index in [4.69, 9.17) is 5.73 Å². The first kappa shape index (κ1) is 15.7. The van der Waals surface area contributed by atoms with Gasteiger partial charge < -0.3 is 11.1 Å². The molecule has 0 bridgehead atoms. The lowest BCUT2D eigenvalue weighted by atomic mass is 9.86. The molecule has 0 saturated heterocycles. The largest absolute Gasteiger partial charge is 0.353 e.